The Hall–Kier alpha value is -2.02. The Bertz CT molecular complexity index is 979. The highest BCUT2D eigenvalue weighted by atomic mass is 35.5. The lowest BCUT2D eigenvalue weighted by atomic mass is 10.2. The van der Waals surface area contributed by atoms with E-state index < -0.39 is 0 Å². The lowest BCUT2D eigenvalue weighted by Crippen LogP contribution is -2.21. The summed E-state index contributed by atoms with van der Waals surface area (Å²) < 4.78 is 1.02. The molecule has 1 aliphatic carbocycles. The Morgan fingerprint density at radius 1 is 1.31 bits per heavy atom. The van der Waals surface area contributed by atoms with Crippen molar-refractivity contribution in [3.63, 3.8) is 0 Å². The van der Waals surface area contributed by atoms with Gasteiger partial charge in [-0.2, -0.15) is 0 Å². The highest BCUT2D eigenvalue weighted by Gasteiger charge is 2.20. The molecule has 2 heterocycles. The van der Waals surface area contributed by atoms with Gasteiger partial charge in [-0.05, 0) is 31.1 Å². The number of nitrogens with zero attached hydrogens (tertiary/aromatic N) is 2. The van der Waals surface area contributed by atoms with Crippen LogP contribution in [-0.4, -0.2) is 27.5 Å². The second kappa shape index (κ2) is 7.70. The molecule has 2 aromatic heterocycles. The summed E-state index contributed by atoms with van der Waals surface area (Å²) >= 11 is 13.2. The minimum atomic E-state index is 0.580. The number of nitrogens with one attached hydrogen (secondary N) is 2. The second-order valence-corrected chi connectivity index (χ2v) is 7.99. The van der Waals surface area contributed by atoms with E-state index in [0.29, 0.717) is 12.6 Å². The number of thiophene rings is 1. The molecule has 132 valence electrons. The molecule has 1 fully saturated rings. The smallest absolute Gasteiger partial charge is 0.147 e. The highest BCUT2D eigenvalue weighted by Crippen LogP contribution is 2.38. The molecule has 4 rings (SSSR count). The zero-order valence-electron chi connectivity index (χ0n) is 13.9. The van der Waals surface area contributed by atoms with Gasteiger partial charge in [0.05, 0.1) is 15.2 Å². The zero-order chi connectivity index (χ0) is 17.9. The van der Waals surface area contributed by atoms with E-state index in [1.807, 2.05) is 36.4 Å². The fourth-order valence-electron chi connectivity index (χ4n) is 2.57. The van der Waals surface area contributed by atoms with Gasteiger partial charge in [0.2, 0.25) is 0 Å². The van der Waals surface area contributed by atoms with E-state index in [1.165, 1.54) is 12.8 Å². The maximum absolute atomic E-state index is 6.33. The molecule has 0 aliphatic heterocycles. The third kappa shape index (κ3) is 4.03. The molecule has 7 heteroatoms. The Morgan fingerprint density at radius 3 is 2.96 bits per heavy atom. The molecule has 4 nitrogen and oxygen atoms in total. The predicted octanol–water partition coefficient (Wildman–Crippen LogP) is 5.06. The van der Waals surface area contributed by atoms with Crippen LogP contribution in [-0.2, 0) is 0 Å². The summed E-state index contributed by atoms with van der Waals surface area (Å²) in [5.74, 6) is 0.823. The predicted molar refractivity (Wildman–Crippen MR) is 114 cm³/mol. The zero-order valence-corrected chi connectivity index (χ0v) is 16.3. The summed E-state index contributed by atoms with van der Waals surface area (Å²) in [5.41, 5.74) is 1.93. The van der Waals surface area contributed by atoms with Crippen molar-refractivity contribution in [3.8, 4) is 10.4 Å². The number of benzene rings is 1. The van der Waals surface area contributed by atoms with Gasteiger partial charge in [0.1, 0.15) is 12.1 Å². The topological polar surface area (TPSA) is 49.8 Å². The molecule has 0 spiro atoms. The fourth-order valence-corrected chi connectivity index (χ4v) is 4.25. The number of rotatable bonds is 6. The number of hydrogen-bond donors (Lipinski definition) is 2. The van der Waals surface area contributed by atoms with Crippen LogP contribution in [0.1, 0.15) is 12.8 Å². The van der Waals surface area contributed by atoms with Crippen molar-refractivity contribution < 1.29 is 0 Å². The molecule has 0 amide bonds. The van der Waals surface area contributed by atoms with Crippen LogP contribution < -0.4 is 10.6 Å². The van der Waals surface area contributed by atoms with Gasteiger partial charge in [-0.3, -0.25) is 0 Å². The van der Waals surface area contributed by atoms with Crippen molar-refractivity contribution in [1.29, 1.82) is 0 Å². The molecule has 26 heavy (non-hydrogen) atoms. The van der Waals surface area contributed by atoms with Gasteiger partial charge in [-0.15, -0.1) is 11.3 Å². The van der Waals surface area contributed by atoms with Gasteiger partial charge in [0.15, 0.2) is 0 Å². The van der Waals surface area contributed by atoms with Crippen molar-refractivity contribution in [2.75, 3.05) is 11.9 Å². The fraction of sp³-hybridized carbons (Fsp3) is 0.211. The minimum absolute atomic E-state index is 0.580. The molecule has 2 N–H and O–H groups in total. The van der Waals surface area contributed by atoms with Crippen LogP contribution in [0.3, 0.4) is 0 Å². The van der Waals surface area contributed by atoms with Crippen molar-refractivity contribution in [3.05, 3.63) is 53.8 Å². The molecular weight excluding hydrogens is 384 g/mol. The van der Waals surface area contributed by atoms with Gasteiger partial charge in [0.25, 0.3) is 0 Å². The first kappa shape index (κ1) is 17.4. The summed E-state index contributed by atoms with van der Waals surface area (Å²) in [4.78, 5) is 10.6. The SMILES string of the molecule is S=C(/C=C/CNc1ncnc2cc(-c3ccccc3Cl)sc12)NC1CC1. The molecule has 0 unspecified atom stereocenters. The standard InChI is InChI=1S/C19H17ClN4S2/c20-14-5-2-1-4-13(14)16-10-15-18(26-16)19(23-11-22-15)21-9-3-6-17(25)24-12-7-8-12/h1-6,10-12H,7-9H2,(H,24,25)(H,21,22,23)/b6-3+. The van der Waals surface area contributed by atoms with Crippen LogP contribution in [0.4, 0.5) is 5.82 Å². The van der Waals surface area contributed by atoms with Crippen LogP contribution >= 0.6 is 35.2 Å². The molecule has 0 bridgehead atoms. The van der Waals surface area contributed by atoms with Crippen LogP contribution in [0, 0.1) is 0 Å². The lowest BCUT2D eigenvalue weighted by molar-refractivity contribution is 0.925. The number of thiocarbonyl (C=S) groups is 1. The van der Waals surface area contributed by atoms with Crippen molar-refractivity contribution in [2.24, 2.45) is 0 Å². The average molecular weight is 401 g/mol. The van der Waals surface area contributed by atoms with E-state index in [1.54, 1.807) is 17.7 Å². The van der Waals surface area contributed by atoms with Crippen molar-refractivity contribution in [2.45, 2.75) is 18.9 Å². The Balaban J connectivity index is 1.49. The lowest BCUT2D eigenvalue weighted by Gasteiger charge is -2.03. The second-order valence-electron chi connectivity index (χ2n) is 6.09. The Labute approximate surface area is 166 Å². The number of halogens is 1. The van der Waals surface area contributed by atoms with E-state index in [9.17, 15) is 0 Å². The van der Waals surface area contributed by atoms with E-state index in [0.717, 1.165) is 36.5 Å². The summed E-state index contributed by atoms with van der Waals surface area (Å²) in [6.07, 6.45) is 7.96. The number of hydrogen-bond acceptors (Lipinski definition) is 5. The Kier molecular flexibility index (Phi) is 5.15. The highest BCUT2D eigenvalue weighted by molar-refractivity contribution is 7.80. The molecule has 1 aromatic carbocycles. The number of aromatic nitrogens is 2. The van der Waals surface area contributed by atoms with Crippen LogP contribution in [0.25, 0.3) is 20.7 Å². The van der Waals surface area contributed by atoms with Crippen molar-refractivity contribution >= 4 is 56.2 Å². The summed E-state index contributed by atoms with van der Waals surface area (Å²) in [6, 6.07) is 10.5. The van der Waals surface area contributed by atoms with Gasteiger partial charge < -0.3 is 10.6 Å². The van der Waals surface area contributed by atoms with Crippen LogP contribution in [0.2, 0.25) is 5.02 Å². The first-order valence-corrected chi connectivity index (χ1v) is 10.0. The summed E-state index contributed by atoms with van der Waals surface area (Å²) in [5, 5.41) is 7.37. The van der Waals surface area contributed by atoms with Gasteiger partial charge in [-0.25, -0.2) is 9.97 Å². The first-order valence-electron chi connectivity index (χ1n) is 8.41. The van der Waals surface area contributed by atoms with Gasteiger partial charge in [-0.1, -0.05) is 48.1 Å². The van der Waals surface area contributed by atoms with Gasteiger partial charge in [0, 0.05) is 28.0 Å². The number of anilines is 1. The average Bonchev–Trinajstić information content (AvgIpc) is 3.33. The quantitative estimate of drug-likeness (QED) is 0.447. The largest absolute Gasteiger partial charge is 0.374 e. The van der Waals surface area contributed by atoms with E-state index in [4.69, 9.17) is 23.8 Å². The molecule has 0 saturated heterocycles. The first-order chi connectivity index (χ1) is 12.7. The third-order valence-electron chi connectivity index (χ3n) is 4.03. The van der Waals surface area contributed by atoms with E-state index >= 15 is 0 Å². The third-order valence-corrected chi connectivity index (χ3v) is 5.78. The summed E-state index contributed by atoms with van der Waals surface area (Å²) in [7, 11) is 0. The van der Waals surface area contributed by atoms with Crippen molar-refractivity contribution in [1.82, 2.24) is 15.3 Å². The van der Waals surface area contributed by atoms with Crippen LogP contribution in [0.15, 0.2) is 48.8 Å². The minimum Gasteiger partial charge on any atom is -0.374 e. The maximum atomic E-state index is 6.33. The molecule has 0 radical (unpaired) electrons. The number of fused-ring (bicyclic) bond motifs is 1. The summed E-state index contributed by atoms with van der Waals surface area (Å²) in [6.45, 7) is 0.651. The maximum Gasteiger partial charge on any atom is 0.147 e. The van der Waals surface area contributed by atoms with E-state index in [-0.39, 0.29) is 0 Å². The molecular formula is C19H17ClN4S2. The molecule has 1 saturated carbocycles. The normalized spacial score (nSPS) is 14.0. The Morgan fingerprint density at radius 2 is 2.15 bits per heavy atom. The van der Waals surface area contributed by atoms with E-state index in [2.05, 4.69) is 26.7 Å². The van der Waals surface area contributed by atoms with Gasteiger partial charge >= 0.3 is 0 Å². The monoisotopic (exact) mass is 400 g/mol. The van der Waals surface area contributed by atoms with Crippen LogP contribution in [0.5, 0.6) is 0 Å². The molecule has 0 atom stereocenters. The molecule has 3 aromatic rings. The molecule has 1 aliphatic rings.